The Morgan fingerprint density at radius 1 is 1.48 bits per heavy atom. The molecule has 1 saturated heterocycles. The fraction of sp³-hybridized carbons (Fsp3) is 0.357. The summed E-state index contributed by atoms with van der Waals surface area (Å²) in [7, 11) is 0. The van der Waals surface area contributed by atoms with Gasteiger partial charge in [0.1, 0.15) is 11.8 Å². The molecule has 0 amide bonds. The number of aromatic nitrogens is 1. The van der Waals surface area contributed by atoms with Crippen LogP contribution in [0.2, 0.25) is 10.3 Å². The third-order valence-corrected chi connectivity index (χ3v) is 3.47. The molecule has 0 spiro atoms. The number of hydrogen-bond acceptors (Lipinski definition) is 6. The lowest BCUT2D eigenvalue weighted by atomic mass is 10.1. The Hall–Kier alpha value is -1.86. The molecule has 23 heavy (non-hydrogen) atoms. The summed E-state index contributed by atoms with van der Waals surface area (Å²) in [6, 6.07) is 0.718. The second kappa shape index (κ2) is 7.14. The number of pyridine rings is 1. The van der Waals surface area contributed by atoms with Crippen molar-refractivity contribution in [2.75, 3.05) is 13.2 Å². The zero-order valence-electron chi connectivity index (χ0n) is 12.3. The molecule has 0 bridgehead atoms. The maximum absolute atomic E-state index is 13.6. The van der Waals surface area contributed by atoms with Crippen molar-refractivity contribution in [3.05, 3.63) is 39.2 Å². The maximum atomic E-state index is 13.6. The van der Waals surface area contributed by atoms with Crippen LogP contribution in [-0.4, -0.2) is 36.0 Å². The highest BCUT2D eigenvalue weighted by Crippen LogP contribution is 2.25. The molecule has 2 heterocycles. The first-order valence-electron chi connectivity index (χ1n) is 6.72. The molecule has 0 aromatic carbocycles. The van der Waals surface area contributed by atoms with Gasteiger partial charge >= 0.3 is 5.97 Å². The molecule has 1 fully saturated rings. The molecule has 1 N–H and O–H groups in total. The molecule has 0 saturated carbocycles. The first-order chi connectivity index (χ1) is 10.8. The molecule has 2 rings (SSSR count). The van der Waals surface area contributed by atoms with Crippen molar-refractivity contribution >= 4 is 35.0 Å². The van der Waals surface area contributed by atoms with Gasteiger partial charge in [-0.25, -0.2) is 14.2 Å². The van der Waals surface area contributed by atoms with Gasteiger partial charge in [-0.2, -0.15) is 0 Å². The van der Waals surface area contributed by atoms with Gasteiger partial charge in [-0.05, 0) is 19.9 Å². The minimum atomic E-state index is -0.929. The summed E-state index contributed by atoms with van der Waals surface area (Å²) >= 11 is 11.3. The molecular weight excluding hydrogens is 350 g/mol. The number of ketones is 1. The summed E-state index contributed by atoms with van der Waals surface area (Å²) in [5, 5.41) is 2.05. The van der Waals surface area contributed by atoms with Crippen LogP contribution in [0.15, 0.2) is 17.5 Å². The normalized spacial score (nSPS) is 18.9. The van der Waals surface area contributed by atoms with Crippen LogP contribution >= 0.6 is 23.2 Å². The average Bonchev–Trinajstić information content (AvgIpc) is 2.89. The van der Waals surface area contributed by atoms with E-state index in [1.54, 1.807) is 13.8 Å². The Balaban J connectivity index is 2.50. The predicted molar refractivity (Wildman–Crippen MR) is 80.8 cm³/mol. The van der Waals surface area contributed by atoms with Gasteiger partial charge in [-0.1, -0.05) is 23.2 Å². The van der Waals surface area contributed by atoms with Crippen LogP contribution in [0.25, 0.3) is 0 Å². The molecule has 0 aliphatic carbocycles. The molecule has 1 aromatic heterocycles. The third-order valence-electron chi connectivity index (χ3n) is 2.92. The number of nitrogens with one attached hydrogen (secondary N) is 1. The number of nitrogens with zero attached hydrogens (tertiary/aromatic N) is 1. The highest BCUT2D eigenvalue weighted by molar-refractivity contribution is 6.37. The van der Waals surface area contributed by atoms with Crippen LogP contribution < -0.4 is 5.32 Å². The molecule has 1 unspecified atom stereocenters. The minimum absolute atomic E-state index is 0.0348. The zero-order chi connectivity index (χ0) is 17.1. The quantitative estimate of drug-likeness (QED) is 0.221. The van der Waals surface area contributed by atoms with Gasteiger partial charge in [0.15, 0.2) is 16.5 Å². The molecule has 124 valence electrons. The average molecular weight is 363 g/mol. The maximum Gasteiger partial charge on any atom is 0.347 e. The third kappa shape index (κ3) is 3.73. The van der Waals surface area contributed by atoms with Crippen molar-refractivity contribution in [2.24, 2.45) is 0 Å². The Bertz CT molecular complexity index is 694. The van der Waals surface area contributed by atoms with Crippen LogP contribution in [0.5, 0.6) is 0 Å². The molecule has 9 heteroatoms. The summed E-state index contributed by atoms with van der Waals surface area (Å²) in [5.41, 5.74) is -0.712. The smallest absolute Gasteiger partial charge is 0.347 e. The van der Waals surface area contributed by atoms with Gasteiger partial charge in [0, 0.05) is 0 Å². The molecule has 1 aromatic rings. The van der Waals surface area contributed by atoms with Crippen LogP contribution in [-0.2, 0) is 14.3 Å². The van der Waals surface area contributed by atoms with E-state index in [-0.39, 0.29) is 35.9 Å². The van der Waals surface area contributed by atoms with Crippen LogP contribution in [0.1, 0.15) is 24.2 Å². The number of Topliss-reactive ketones (excluding diaryl/α,β-unsaturated/α-hetero) is 1. The molecule has 1 aliphatic heterocycles. The van der Waals surface area contributed by atoms with Gasteiger partial charge in [0.2, 0.25) is 11.7 Å². The molecule has 0 radical (unpaired) electrons. The highest BCUT2D eigenvalue weighted by Gasteiger charge is 2.32. The largest absolute Gasteiger partial charge is 0.476 e. The Kier molecular flexibility index (Phi) is 5.43. The molecule has 1 atom stereocenters. The number of carbonyl (C=O) groups is 2. The summed E-state index contributed by atoms with van der Waals surface area (Å²) in [6.45, 7) is 3.72. The summed E-state index contributed by atoms with van der Waals surface area (Å²) in [6.07, 6.45) is 0. The van der Waals surface area contributed by atoms with Crippen LogP contribution in [0.4, 0.5) is 4.39 Å². The van der Waals surface area contributed by atoms with Crippen molar-refractivity contribution in [2.45, 2.75) is 19.9 Å². The lowest BCUT2D eigenvalue weighted by Crippen LogP contribution is -2.25. The van der Waals surface area contributed by atoms with Gasteiger partial charge < -0.3 is 14.8 Å². The summed E-state index contributed by atoms with van der Waals surface area (Å²) in [4.78, 5) is 28.3. The van der Waals surface area contributed by atoms with Gasteiger partial charge in [-0.15, -0.1) is 0 Å². The van der Waals surface area contributed by atoms with Gasteiger partial charge in [0.05, 0.1) is 18.2 Å². The van der Waals surface area contributed by atoms with Gasteiger partial charge in [0.25, 0.3) is 0 Å². The topological polar surface area (TPSA) is 77.5 Å². The number of halogens is 3. The van der Waals surface area contributed by atoms with E-state index in [1.807, 2.05) is 0 Å². The lowest BCUT2D eigenvalue weighted by molar-refractivity contribution is -0.138. The minimum Gasteiger partial charge on any atom is -0.476 e. The van der Waals surface area contributed by atoms with E-state index >= 15 is 0 Å². The zero-order valence-corrected chi connectivity index (χ0v) is 13.8. The van der Waals surface area contributed by atoms with Crippen molar-refractivity contribution in [3.63, 3.8) is 0 Å². The van der Waals surface area contributed by atoms with Crippen molar-refractivity contribution in [1.29, 1.82) is 0 Å². The van der Waals surface area contributed by atoms with E-state index in [9.17, 15) is 14.0 Å². The first kappa shape index (κ1) is 17.5. The van der Waals surface area contributed by atoms with E-state index in [4.69, 9.17) is 32.7 Å². The fourth-order valence-electron chi connectivity index (χ4n) is 1.89. The molecule has 1 aliphatic rings. The Morgan fingerprint density at radius 2 is 2.17 bits per heavy atom. The highest BCUT2D eigenvalue weighted by atomic mass is 35.5. The van der Waals surface area contributed by atoms with E-state index in [0.29, 0.717) is 0 Å². The van der Waals surface area contributed by atoms with Crippen molar-refractivity contribution in [1.82, 2.24) is 10.3 Å². The standard InChI is InChI=1S/C14H13Cl2FN2O4/c1-3-22-14(21)9(13-18-6(2)5-23-13)10(20)7-4-8(17)12(16)19-11(7)15/h4,6,18H,3,5H2,1-2H3/b13-9+. The van der Waals surface area contributed by atoms with E-state index in [0.717, 1.165) is 6.07 Å². The number of rotatable bonds is 4. The monoisotopic (exact) mass is 362 g/mol. The Labute approximate surface area is 141 Å². The predicted octanol–water partition coefficient (Wildman–Crippen LogP) is 2.49. The van der Waals surface area contributed by atoms with Crippen LogP contribution in [0, 0.1) is 5.82 Å². The summed E-state index contributed by atoms with van der Waals surface area (Å²) in [5.74, 6) is -2.73. The van der Waals surface area contributed by atoms with Crippen molar-refractivity contribution in [3.8, 4) is 0 Å². The molecular formula is C14H13Cl2FN2O4. The van der Waals surface area contributed by atoms with Crippen LogP contribution in [0.3, 0.4) is 0 Å². The Morgan fingerprint density at radius 3 is 2.74 bits per heavy atom. The van der Waals surface area contributed by atoms with E-state index < -0.39 is 28.3 Å². The number of carbonyl (C=O) groups excluding carboxylic acids is 2. The fourth-order valence-corrected chi connectivity index (χ4v) is 2.30. The van der Waals surface area contributed by atoms with E-state index in [2.05, 4.69) is 10.3 Å². The summed E-state index contributed by atoms with van der Waals surface area (Å²) < 4.78 is 23.7. The SMILES string of the molecule is CCOC(=O)/C(C(=O)c1cc(F)c(Cl)nc1Cl)=C1\NC(C)CO1. The number of ether oxygens (including phenoxy) is 2. The second-order valence-corrected chi connectivity index (χ2v) is 5.43. The first-order valence-corrected chi connectivity index (χ1v) is 7.47. The second-order valence-electron chi connectivity index (χ2n) is 4.71. The van der Waals surface area contributed by atoms with Crippen molar-refractivity contribution < 1.29 is 23.5 Å². The molecule has 6 nitrogen and oxygen atoms in total. The van der Waals surface area contributed by atoms with E-state index in [1.165, 1.54) is 0 Å². The lowest BCUT2D eigenvalue weighted by Gasteiger charge is -2.11. The number of hydrogen-bond donors (Lipinski definition) is 1. The number of esters is 1. The van der Waals surface area contributed by atoms with Gasteiger partial charge in [-0.3, -0.25) is 4.79 Å².